The molecule has 1 unspecified atom stereocenters. The lowest BCUT2D eigenvalue weighted by atomic mass is 10.0. The lowest BCUT2D eigenvalue weighted by Crippen LogP contribution is -2.38. The van der Waals surface area contributed by atoms with Crippen LogP contribution in [0.2, 0.25) is 0 Å². The largest absolute Gasteiger partial charge is 0.481 e. The summed E-state index contributed by atoms with van der Waals surface area (Å²) < 4.78 is 22.4. The van der Waals surface area contributed by atoms with Crippen molar-refractivity contribution in [1.82, 2.24) is 10.6 Å². The Morgan fingerprint density at radius 2 is 1.75 bits per heavy atom. The Labute approximate surface area is 120 Å². The van der Waals surface area contributed by atoms with E-state index in [1.54, 1.807) is 6.92 Å². The van der Waals surface area contributed by atoms with Crippen molar-refractivity contribution in [2.45, 2.75) is 33.1 Å². The number of rotatable bonds is 10. The highest BCUT2D eigenvalue weighted by molar-refractivity contribution is 7.91. The van der Waals surface area contributed by atoms with Crippen molar-refractivity contribution in [2.75, 3.05) is 24.6 Å². The molecular formula is C12H24N2O5S. The lowest BCUT2D eigenvalue weighted by Gasteiger charge is -2.11. The highest BCUT2D eigenvalue weighted by Gasteiger charge is 2.09. The van der Waals surface area contributed by atoms with E-state index < -0.39 is 21.8 Å². The van der Waals surface area contributed by atoms with Crippen LogP contribution in [-0.2, 0) is 14.6 Å². The van der Waals surface area contributed by atoms with Crippen LogP contribution in [0.4, 0.5) is 4.79 Å². The number of hydrogen-bond donors (Lipinski definition) is 3. The Bertz CT molecular complexity index is 408. The summed E-state index contributed by atoms with van der Waals surface area (Å²) in [7, 11) is -3.06. The fourth-order valence-electron chi connectivity index (χ4n) is 1.47. The molecule has 2 amide bonds. The number of urea groups is 1. The zero-order chi connectivity index (χ0) is 15.6. The standard InChI is InChI=1S/C12H24N2O5S/c1-3-20(18,19)9-8-14-12(17)13-7-6-10(2)4-5-11(15)16/h10H,3-9H2,1-2H3,(H,15,16)(H2,13,14,17). The van der Waals surface area contributed by atoms with E-state index in [0.717, 1.165) is 0 Å². The number of carboxylic acid groups (broad SMARTS) is 1. The summed E-state index contributed by atoms with van der Waals surface area (Å²) in [6.07, 6.45) is 1.39. The summed E-state index contributed by atoms with van der Waals surface area (Å²) in [6, 6.07) is -0.401. The summed E-state index contributed by atoms with van der Waals surface area (Å²) in [5.41, 5.74) is 0. The van der Waals surface area contributed by atoms with E-state index in [9.17, 15) is 18.0 Å². The fraction of sp³-hybridized carbons (Fsp3) is 0.833. The van der Waals surface area contributed by atoms with Crippen LogP contribution in [0.25, 0.3) is 0 Å². The molecule has 0 bridgehead atoms. The van der Waals surface area contributed by atoms with Crippen molar-refractivity contribution in [1.29, 1.82) is 0 Å². The molecule has 0 aliphatic carbocycles. The Morgan fingerprint density at radius 3 is 2.30 bits per heavy atom. The molecule has 0 aromatic rings. The van der Waals surface area contributed by atoms with Gasteiger partial charge in [-0.15, -0.1) is 0 Å². The number of sulfone groups is 1. The summed E-state index contributed by atoms with van der Waals surface area (Å²) in [5, 5.41) is 13.6. The minimum atomic E-state index is -3.06. The second-order valence-electron chi connectivity index (χ2n) is 4.75. The molecular weight excluding hydrogens is 284 g/mol. The van der Waals surface area contributed by atoms with Crippen molar-refractivity contribution in [3.05, 3.63) is 0 Å². The number of hydrogen-bond acceptors (Lipinski definition) is 4. The second-order valence-corrected chi connectivity index (χ2v) is 7.22. The van der Waals surface area contributed by atoms with Gasteiger partial charge in [0.2, 0.25) is 0 Å². The van der Waals surface area contributed by atoms with Crippen molar-refractivity contribution in [3.8, 4) is 0 Å². The minimum Gasteiger partial charge on any atom is -0.481 e. The first-order chi connectivity index (χ1) is 9.26. The van der Waals surface area contributed by atoms with Gasteiger partial charge in [0, 0.05) is 25.3 Å². The van der Waals surface area contributed by atoms with Crippen molar-refractivity contribution >= 4 is 21.8 Å². The van der Waals surface area contributed by atoms with E-state index in [-0.39, 0.29) is 30.4 Å². The number of nitrogens with one attached hydrogen (secondary N) is 2. The molecule has 20 heavy (non-hydrogen) atoms. The molecule has 0 spiro atoms. The molecule has 3 N–H and O–H groups in total. The van der Waals surface area contributed by atoms with Crippen LogP contribution in [0, 0.1) is 5.92 Å². The van der Waals surface area contributed by atoms with E-state index in [4.69, 9.17) is 5.11 Å². The number of carbonyl (C=O) groups is 2. The zero-order valence-electron chi connectivity index (χ0n) is 12.0. The van der Waals surface area contributed by atoms with Crippen LogP contribution in [-0.4, -0.2) is 50.1 Å². The van der Waals surface area contributed by atoms with Crippen LogP contribution in [0.1, 0.15) is 33.1 Å². The molecule has 7 nitrogen and oxygen atoms in total. The Balaban J connectivity index is 3.66. The minimum absolute atomic E-state index is 0.0636. The molecule has 0 saturated heterocycles. The van der Waals surface area contributed by atoms with E-state index in [0.29, 0.717) is 19.4 Å². The third kappa shape index (κ3) is 10.6. The first-order valence-corrected chi connectivity index (χ1v) is 8.53. The van der Waals surface area contributed by atoms with E-state index in [1.807, 2.05) is 6.92 Å². The lowest BCUT2D eigenvalue weighted by molar-refractivity contribution is -0.137. The average Bonchev–Trinajstić information content (AvgIpc) is 2.36. The highest BCUT2D eigenvalue weighted by atomic mass is 32.2. The molecule has 0 aromatic carbocycles. The van der Waals surface area contributed by atoms with E-state index in [2.05, 4.69) is 10.6 Å². The number of carbonyl (C=O) groups excluding carboxylic acids is 1. The first kappa shape index (κ1) is 18.7. The molecule has 0 aliphatic heterocycles. The van der Waals surface area contributed by atoms with Gasteiger partial charge in [-0.2, -0.15) is 0 Å². The van der Waals surface area contributed by atoms with Gasteiger partial charge in [0.05, 0.1) is 5.75 Å². The smallest absolute Gasteiger partial charge is 0.314 e. The monoisotopic (exact) mass is 308 g/mol. The highest BCUT2D eigenvalue weighted by Crippen LogP contribution is 2.08. The van der Waals surface area contributed by atoms with E-state index >= 15 is 0 Å². The molecule has 0 heterocycles. The number of carboxylic acids is 1. The summed E-state index contributed by atoms with van der Waals surface area (Å²) >= 11 is 0. The number of aliphatic carboxylic acids is 1. The van der Waals surface area contributed by atoms with Gasteiger partial charge in [0.1, 0.15) is 0 Å². The fourth-order valence-corrected chi connectivity index (χ4v) is 2.17. The quantitative estimate of drug-likeness (QED) is 0.547. The first-order valence-electron chi connectivity index (χ1n) is 6.70. The topological polar surface area (TPSA) is 113 Å². The predicted molar refractivity (Wildman–Crippen MR) is 76.4 cm³/mol. The second kappa shape index (κ2) is 9.57. The molecule has 0 rings (SSSR count). The molecule has 0 fully saturated rings. The van der Waals surface area contributed by atoms with Crippen molar-refractivity contribution in [2.24, 2.45) is 5.92 Å². The van der Waals surface area contributed by atoms with Crippen LogP contribution < -0.4 is 10.6 Å². The van der Waals surface area contributed by atoms with Gasteiger partial charge in [-0.05, 0) is 18.8 Å². The average molecular weight is 308 g/mol. The molecule has 0 radical (unpaired) electrons. The maximum atomic E-state index is 11.4. The molecule has 0 aromatic heterocycles. The molecule has 8 heteroatoms. The van der Waals surface area contributed by atoms with Gasteiger partial charge in [-0.3, -0.25) is 4.79 Å². The van der Waals surface area contributed by atoms with Crippen LogP contribution in [0.3, 0.4) is 0 Å². The predicted octanol–water partition coefficient (Wildman–Crippen LogP) is 0.611. The SMILES string of the molecule is CCS(=O)(=O)CCNC(=O)NCCC(C)CCC(=O)O. The van der Waals surface area contributed by atoms with Gasteiger partial charge in [-0.25, -0.2) is 13.2 Å². The third-order valence-corrected chi connectivity index (χ3v) is 4.62. The molecule has 0 aliphatic rings. The van der Waals surface area contributed by atoms with Gasteiger partial charge in [0.25, 0.3) is 0 Å². The van der Waals surface area contributed by atoms with Crippen LogP contribution in [0.5, 0.6) is 0 Å². The summed E-state index contributed by atoms with van der Waals surface area (Å²) in [6.45, 7) is 4.02. The normalized spacial score (nSPS) is 12.7. The maximum Gasteiger partial charge on any atom is 0.314 e. The van der Waals surface area contributed by atoms with Crippen LogP contribution in [0.15, 0.2) is 0 Å². The maximum absolute atomic E-state index is 11.4. The summed E-state index contributed by atoms with van der Waals surface area (Å²) in [4.78, 5) is 21.7. The molecule has 118 valence electrons. The van der Waals surface area contributed by atoms with Gasteiger partial charge < -0.3 is 15.7 Å². The van der Waals surface area contributed by atoms with Crippen LogP contribution >= 0.6 is 0 Å². The van der Waals surface area contributed by atoms with Gasteiger partial charge in [-0.1, -0.05) is 13.8 Å². The van der Waals surface area contributed by atoms with E-state index in [1.165, 1.54) is 0 Å². The van der Waals surface area contributed by atoms with Crippen molar-refractivity contribution in [3.63, 3.8) is 0 Å². The summed E-state index contributed by atoms with van der Waals surface area (Å²) in [5.74, 6) is -0.602. The van der Waals surface area contributed by atoms with Gasteiger partial charge >= 0.3 is 12.0 Å². The molecule has 1 atom stereocenters. The third-order valence-electron chi connectivity index (χ3n) is 2.91. The Kier molecular flexibility index (Phi) is 8.94. The number of amides is 2. The Morgan fingerprint density at radius 1 is 1.15 bits per heavy atom. The molecule has 0 saturated carbocycles. The Hall–Kier alpha value is -1.31. The van der Waals surface area contributed by atoms with Crippen molar-refractivity contribution < 1.29 is 23.1 Å². The van der Waals surface area contributed by atoms with Gasteiger partial charge in [0.15, 0.2) is 9.84 Å². The zero-order valence-corrected chi connectivity index (χ0v) is 12.8.